The molecule has 2 heterocycles. The lowest BCUT2D eigenvalue weighted by Gasteiger charge is -2.14. The molecule has 0 unspecified atom stereocenters. The lowest BCUT2D eigenvalue weighted by Crippen LogP contribution is -2.42. The Hall–Kier alpha value is -3.07. The van der Waals surface area contributed by atoms with Crippen molar-refractivity contribution in [3.8, 4) is 11.4 Å². The SMILES string of the molecule is O=C(N[C@@H](CSc1cc(Cl)cc(Cl)c1)C(=O)O)c1ccc2nc(-c3ccncc3)[nH]c2c1. The van der Waals surface area contributed by atoms with Gasteiger partial charge >= 0.3 is 5.97 Å². The number of rotatable bonds is 7. The fourth-order valence-corrected chi connectivity index (χ4v) is 4.67. The molecule has 4 rings (SSSR count). The van der Waals surface area contributed by atoms with E-state index in [-0.39, 0.29) is 5.75 Å². The number of halogens is 2. The van der Waals surface area contributed by atoms with Crippen LogP contribution in [0.15, 0.2) is 65.8 Å². The number of nitrogens with zero attached hydrogens (tertiary/aromatic N) is 2. The number of carboxylic acids is 1. The molecule has 0 aliphatic carbocycles. The molecule has 1 amide bonds. The standard InChI is InChI=1S/C22H16Cl2N4O3S/c23-14-8-15(24)10-16(9-14)32-11-19(22(30)31)28-21(29)13-1-2-17-18(7-13)27-20(26-17)12-3-5-25-6-4-12/h1-10,19H,11H2,(H,26,27)(H,28,29)(H,30,31)/t19-/m0/s1. The van der Waals surface area contributed by atoms with Crippen LogP contribution in [0.5, 0.6) is 0 Å². The Kier molecular flexibility index (Phi) is 6.64. The Labute approximate surface area is 197 Å². The minimum Gasteiger partial charge on any atom is -0.480 e. The predicted octanol–water partition coefficient (Wildman–Crippen LogP) is 4.91. The number of thioether (sulfide) groups is 1. The zero-order valence-corrected chi connectivity index (χ0v) is 18.7. The number of carbonyl (C=O) groups excluding carboxylic acids is 1. The van der Waals surface area contributed by atoms with Crippen LogP contribution in [0, 0.1) is 0 Å². The summed E-state index contributed by atoms with van der Waals surface area (Å²) in [5, 5.41) is 13.0. The molecule has 0 spiro atoms. The second-order valence-corrected chi connectivity index (χ2v) is 8.80. The zero-order valence-electron chi connectivity index (χ0n) is 16.4. The number of benzene rings is 2. The molecule has 0 aliphatic rings. The molecular formula is C22H16Cl2N4O3S. The number of fused-ring (bicyclic) bond motifs is 1. The van der Waals surface area contributed by atoms with Crippen molar-refractivity contribution in [3.05, 3.63) is 76.5 Å². The molecule has 7 nitrogen and oxygen atoms in total. The van der Waals surface area contributed by atoms with Crippen LogP contribution >= 0.6 is 35.0 Å². The maximum absolute atomic E-state index is 12.7. The molecule has 0 fully saturated rings. The number of aromatic amines is 1. The summed E-state index contributed by atoms with van der Waals surface area (Å²) in [5.41, 5.74) is 2.55. The third-order valence-electron chi connectivity index (χ3n) is 4.55. The van der Waals surface area contributed by atoms with E-state index in [0.29, 0.717) is 37.4 Å². The fraction of sp³-hybridized carbons (Fsp3) is 0.0909. The highest BCUT2D eigenvalue weighted by atomic mass is 35.5. The Bertz CT molecular complexity index is 1280. The Morgan fingerprint density at radius 1 is 1.06 bits per heavy atom. The predicted molar refractivity (Wildman–Crippen MR) is 125 cm³/mol. The molecule has 0 saturated heterocycles. The van der Waals surface area contributed by atoms with Gasteiger partial charge in [-0.3, -0.25) is 9.78 Å². The Morgan fingerprint density at radius 3 is 2.47 bits per heavy atom. The lowest BCUT2D eigenvalue weighted by molar-refractivity contribution is -0.138. The van der Waals surface area contributed by atoms with Crippen LogP contribution in [0.4, 0.5) is 0 Å². The summed E-state index contributed by atoms with van der Waals surface area (Å²) in [6, 6.07) is 12.5. The van der Waals surface area contributed by atoms with Crippen LogP contribution < -0.4 is 5.32 Å². The van der Waals surface area contributed by atoms with E-state index in [2.05, 4.69) is 20.3 Å². The second-order valence-electron chi connectivity index (χ2n) is 6.83. The summed E-state index contributed by atoms with van der Waals surface area (Å²) in [5.74, 6) is -0.874. The maximum Gasteiger partial charge on any atom is 0.327 e. The summed E-state index contributed by atoms with van der Waals surface area (Å²) < 4.78 is 0. The van der Waals surface area contributed by atoms with Crippen LogP contribution in [0.1, 0.15) is 10.4 Å². The molecule has 162 valence electrons. The van der Waals surface area contributed by atoms with Crippen LogP contribution in [0.3, 0.4) is 0 Å². The summed E-state index contributed by atoms with van der Waals surface area (Å²) >= 11 is 13.2. The first kappa shape index (κ1) is 22.1. The molecule has 32 heavy (non-hydrogen) atoms. The number of aromatic nitrogens is 3. The van der Waals surface area contributed by atoms with Gasteiger partial charge in [-0.2, -0.15) is 0 Å². The minimum absolute atomic E-state index is 0.107. The second kappa shape index (κ2) is 9.60. The number of hydrogen-bond acceptors (Lipinski definition) is 5. The highest BCUT2D eigenvalue weighted by Crippen LogP contribution is 2.27. The van der Waals surface area contributed by atoms with Crippen LogP contribution in [-0.2, 0) is 4.79 Å². The molecule has 4 aromatic rings. The average Bonchev–Trinajstić information content (AvgIpc) is 3.19. The van der Waals surface area contributed by atoms with Crippen molar-refractivity contribution in [2.24, 2.45) is 0 Å². The van der Waals surface area contributed by atoms with E-state index in [0.717, 1.165) is 5.56 Å². The summed E-state index contributed by atoms with van der Waals surface area (Å²) in [6.45, 7) is 0. The summed E-state index contributed by atoms with van der Waals surface area (Å²) in [7, 11) is 0. The normalized spacial score (nSPS) is 11.9. The number of carbonyl (C=O) groups is 2. The third-order valence-corrected chi connectivity index (χ3v) is 6.06. The smallest absolute Gasteiger partial charge is 0.327 e. The van der Waals surface area contributed by atoms with Crippen molar-refractivity contribution in [2.45, 2.75) is 10.9 Å². The van der Waals surface area contributed by atoms with Crippen LogP contribution in [0.25, 0.3) is 22.4 Å². The van der Waals surface area contributed by atoms with Crippen molar-refractivity contribution in [1.82, 2.24) is 20.3 Å². The number of aliphatic carboxylic acids is 1. The number of nitrogens with one attached hydrogen (secondary N) is 2. The van der Waals surface area contributed by atoms with E-state index in [4.69, 9.17) is 23.2 Å². The van der Waals surface area contributed by atoms with Crippen molar-refractivity contribution in [3.63, 3.8) is 0 Å². The highest BCUT2D eigenvalue weighted by Gasteiger charge is 2.21. The van der Waals surface area contributed by atoms with Gasteiger partial charge in [-0.25, -0.2) is 9.78 Å². The van der Waals surface area contributed by atoms with Crippen molar-refractivity contribution >= 4 is 57.9 Å². The number of amides is 1. The van der Waals surface area contributed by atoms with E-state index < -0.39 is 17.9 Å². The molecule has 0 bridgehead atoms. The van der Waals surface area contributed by atoms with Crippen molar-refractivity contribution in [1.29, 1.82) is 0 Å². The van der Waals surface area contributed by atoms with Gasteiger partial charge in [0, 0.05) is 44.2 Å². The monoisotopic (exact) mass is 486 g/mol. The first-order valence-electron chi connectivity index (χ1n) is 9.42. The van der Waals surface area contributed by atoms with Gasteiger partial charge < -0.3 is 15.4 Å². The zero-order chi connectivity index (χ0) is 22.7. The quantitative estimate of drug-likeness (QED) is 0.320. The van der Waals surface area contributed by atoms with Gasteiger partial charge in [0.1, 0.15) is 11.9 Å². The van der Waals surface area contributed by atoms with Gasteiger partial charge in [0.2, 0.25) is 0 Å². The number of H-pyrrole nitrogens is 1. The molecule has 0 saturated carbocycles. The maximum atomic E-state index is 12.7. The molecule has 2 aromatic heterocycles. The molecule has 10 heteroatoms. The summed E-state index contributed by atoms with van der Waals surface area (Å²) in [6.07, 6.45) is 3.34. The average molecular weight is 487 g/mol. The van der Waals surface area contributed by atoms with Crippen LogP contribution in [-0.4, -0.2) is 43.7 Å². The number of carboxylic acid groups (broad SMARTS) is 1. The Balaban J connectivity index is 1.48. The number of hydrogen-bond donors (Lipinski definition) is 3. The van der Waals surface area contributed by atoms with E-state index in [9.17, 15) is 14.7 Å². The van der Waals surface area contributed by atoms with Crippen molar-refractivity contribution in [2.75, 3.05) is 5.75 Å². The van der Waals surface area contributed by atoms with Gasteiger partial charge in [0.15, 0.2) is 0 Å². The van der Waals surface area contributed by atoms with E-state index >= 15 is 0 Å². The fourth-order valence-electron chi connectivity index (χ4n) is 3.01. The third kappa shape index (κ3) is 5.21. The molecule has 2 aromatic carbocycles. The van der Waals surface area contributed by atoms with Gasteiger partial charge in [-0.05, 0) is 48.5 Å². The molecule has 3 N–H and O–H groups in total. The number of pyridine rings is 1. The molecule has 0 aliphatic heterocycles. The van der Waals surface area contributed by atoms with E-state index in [1.165, 1.54) is 11.8 Å². The highest BCUT2D eigenvalue weighted by molar-refractivity contribution is 7.99. The molecule has 0 radical (unpaired) electrons. The van der Waals surface area contributed by atoms with Gasteiger partial charge in [0.25, 0.3) is 5.91 Å². The first-order valence-corrected chi connectivity index (χ1v) is 11.2. The Morgan fingerprint density at radius 2 is 1.78 bits per heavy atom. The minimum atomic E-state index is -1.14. The lowest BCUT2D eigenvalue weighted by atomic mass is 10.2. The molecular weight excluding hydrogens is 471 g/mol. The number of imidazole rings is 1. The van der Waals surface area contributed by atoms with E-state index in [1.807, 2.05) is 12.1 Å². The van der Waals surface area contributed by atoms with E-state index in [1.54, 1.807) is 48.8 Å². The van der Waals surface area contributed by atoms with Crippen molar-refractivity contribution < 1.29 is 14.7 Å². The summed E-state index contributed by atoms with van der Waals surface area (Å²) in [4.78, 5) is 36.8. The molecule has 1 atom stereocenters. The van der Waals surface area contributed by atoms with Gasteiger partial charge in [0.05, 0.1) is 11.0 Å². The topological polar surface area (TPSA) is 108 Å². The van der Waals surface area contributed by atoms with Gasteiger partial charge in [-0.15, -0.1) is 11.8 Å². The largest absolute Gasteiger partial charge is 0.480 e. The first-order chi connectivity index (χ1) is 15.4. The van der Waals surface area contributed by atoms with Crippen LogP contribution in [0.2, 0.25) is 10.0 Å². The van der Waals surface area contributed by atoms with Gasteiger partial charge in [-0.1, -0.05) is 23.2 Å².